The first-order valence-corrected chi connectivity index (χ1v) is 7.40. The zero-order chi connectivity index (χ0) is 16.4. The van der Waals surface area contributed by atoms with Crippen molar-refractivity contribution in [3.05, 3.63) is 59.3 Å². The Morgan fingerprint density at radius 1 is 1.17 bits per heavy atom. The van der Waals surface area contributed by atoms with Crippen LogP contribution in [0.5, 0.6) is 0 Å². The Morgan fingerprint density at radius 2 is 1.96 bits per heavy atom. The van der Waals surface area contributed by atoms with Crippen molar-refractivity contribution in [2.75, 3.05) is 24.6 Å². The molecule has 122 valence electrons. The van der Waals surface area contributed by atoms with Gasteiger partial charge in [-0.2, -0.15) is 13.2 Å². The molecular weight excluding hydrogens is 305 g/mol. The lowest BCUT2D eigenvalue weighted by atomic mass is 10.0. The Labute approximate surface area is 132 Å². The first-order chi connectivity index (χ1) is 10.9. The number of aryl methyl sites for hydroxylation is 1. The van der Waals surface area contributed by atoms with Crippen LogP contribution >= 0.6 is 0 Å². The van der Waals surface area contributed by atoms with E-state index >= 15 is 0 Å². The van der Waals surface area contributed by atoms with Crippen molar-refractivity contribution < 1.29 is 17.9 Å². The average molecular weight is 322 g/mol. The van der Waals surface area contributed by atoms with Crippen LogP contribution < -0.4 is 4.90 Å². The number of benzene rings is 1. The number of hydrogen-bond donors (Lipinski definition) is 0. The van der Waals surface area contributed by atoms with Gasteiger partial charge in [-0.1, -0.05) is 24.3 Å². The van der Waals surface area contributed by atoms with E-state index in [4.69, 9.17) is 4.74 Å². The molecule has 23 heavy (non-hydrogen) atoms. The number of pyridine rings is 1. The first kappa shape index (κ1) is 15.8. The van der Waals surface area contributed by atoms with E-state index in [9.17, 15) is 13.2 Å². The van der Waals surface area contributed by atoms with Crippen LogP contribution in [-0.2, 0) is 10.9 Å². The number of rotatable bonds is 2. The van der Waals surface area contributed by atoms with Crippen molar-refractivity contribution in [1.82, 2.24) is 4.98 Å². The molecule has 1 aliphatic heterocycles. The van der Waals surface area contributed by atoms with Gasteiger partial charge in [0.1, 0.15) is 11.9 Å². The standard InChI is InChI=1S/C17H17F3N2O/c1-12-4-2-3-5-14(12)15-11-22(8-9-23-15)16-7-6-13(10-21-16)17(18,19)20/h2-7,10,15H,8-9,11H2,1H3. The highest BCUT2D eigenvalue weighted by Gasteiger charge is 2.31. The zero-order valence-corrected chi connectivity index (χ0v) is 12.7. The first-order valence-electron chi connectivity index (χ1n) is 7.40. The normalized spacial score (nSPS) is 19.0. The van der Waals surface area contributed by atoms with Crippen molar-refractivity contribution in [1.29, 1.82) is 0 Å². The topological polar surface area (TPSA) is 25.4 Å². The third-order valence-corrected chi connectivity index (χ3v) is 4.00. The van der Waals surface area contributed by atoms with Gasteiger partial charge in [-0.25, -0.2) is 4.98 Å². The molecule has 1 saturated heterocycles. The predicted octanol–water partition coefficient (Wildman–Crippen LogP) is 3.99. The van der Waals surface area contributed by atoms with Gasteiger partial charge in [-0.3, -0.25) is 0 Å². The van der Waals surface area contributed by atoms with Crippen LogP contribution in [0.4, 0.5) is 19.0 Å². The molecule has 2 heterocycles. The average Bonchev–Trinajstić information content (AvgIpc) is 2.55. The number of halogens is 3. The molecule has 3 rings (SSSR count). The smallest absolute Gasteiger partial charge is 0.370 e. The molecule has 0 bridgehead atoms. The van der Waals surface area contributed by atoms with Crippen molar-refractivity contribution in [2.45, 2.75) is 19.2 Å². The second-order valence-electron chi connectivity index (χ2n) is 5.56. The van der Waals surface area contributed by atoms with Crippen LogP contribution in [0.1, 0.15) is 22.8 Å². The summed E-state index contributed by atoms with van der Waals surface area (Å²) in [7, 11) is 0. The zero-order valence-electron chi connectivity index (χ0n) is 12.7. The summed E-state index contributed by atoms with van der Waals surface area (Å²) in [5.41, 5.74) is 1.51. The van der Waals surface area contributed by atoms with E-state index in [1.807, 2.05) is 36.1 Å². The molecule has 1 aromatic heterocycles. The van der Waals surface area contributed by atoms with E-state index in [-0.39, 0.29) is 6.10 Å². The minimum absolute atomic E-state index is 0.103. The van der Waals surface area contributed by atoms with Crippen molar-refractivity contribution in [3.8, 4) is 0 Å². The summed E-state index contributed by atoms with van der Waals surface area (Å²) in [5, 5.41) is 0. The maximum absolute atomic E-state index is 12.6. The summed E-state index contributed by atoms with van der Waals surface area (Å²) in [6, 6.07) is 10.5. The second kappa shape index (κ2) is 6.20. The lowest BCUT2D eigenvalue weighted by Crippen LogP contribution is -2.39. The van der Waals surface area contributed by atoms with E-state index in [0.29, 0.717) is 25.5 Å². The fourth-order valence-electron chi connectivity index (χ4n) is 2.73. The largest absolute Gasteiger partial charge is 0.417 e. The molecule has 0 N–H and O–H groups in total. The van der Waals surface area contributed by atoms with Gasteiger partial charge in [0.05, 0.1) is 12.2 Å². The molecule has 1 atom stereocenters. The summed E-state index contributed by atoms with van der Waals surface area (Å²) in [6.45, 7) is 3.72. The van der Waals surface area contributed by atoms with Gasteiger partial charge in [-0.15, -0.1) is 0 Å². The summed E-state index contributed by atoms with van der Waals surface area (Å²) >= 11 is 0. The fourth-order valence-corrected chi connectivity index (χ4v) is 2.73. The Hall–Kier alpha value is -2.08. The molecule has 1 aliphatic rings. The van der Waals surface area contributed by atoms with Gasteiger partial charge in [-0.05, 0) is 30.2 Å². The number of ether oxygens (including phenoxy) is 1. The predicted molar refractivity (Wildman–Crippen MR) is 81.3 cm³/mol. The minimum Gasteiger partial charge on any atom is -0.370 e. The van der Waals surface area contributed by atoms with Crippen LogP contribution in [0.3, 0.4) is 0 Å². The third-order valence-electron chi connectivity index (χ3n) is 4.00. The molecule has 2 aromatic rings. The van der Waals surface area contributed by atoms with Crippen LogP contribution in [0, 0.1) is 6.92 Å². The molecule has 0 aliphatic carbocycles. The number of morpholine rings is 1. The summed E-state index contributed by atoms with van der Waals surface area (Å²) < 4.78 is 43.7. The van der Waals surface area contributed by atoms with Crippen LogP contribution in [0.2, 0.25) is 0 Å². The number of anilines is 1. The molecule has 0 radical (unpaired) electrons. The van der Waals surface area contributed by atoms with Gasteiger partial charge in [0.2, 0.25) is 0 Å². The molecule has 1 unspecified atom stereocenters. The number of alkyl halides is 3. The van der Waals surface area contributed by atoms with Gasteiger partial charge >= 0.3 is 6.18 Å². The molecule has 6 heteroatoms. The van der Waals surface area contributed by atoms with E-state index in [1.165, 1.54) is 6.07 Å². The number of nitrogens with zero attached hydrogens (tertiary/aromatic N) is 2. The minimum atomic E-state index is -4.36. The van der Waals surface area contributed by atoms with Gasteiger partial charge < -0.3 is 9.64 Å². The van der Waals surface area contributed by atoms with Crippen molar-refractivity contribution in [3.63, 3.8) is 0 Å². The SMILES string of the molecule is Cc1ccccc1C1CN(c2ccc(C(F)(F)F)cn2)CCO1. The molecular formula is C17H17F3N2O. The molecule has 0 saturated carbocycles. The highest BCUT2D eigenvalue weighted by molar-refractivity contribution is 5.41. The highest BCUT2D eigenvalue weighted by atomic mass is 19.4. The van der Waals surface area contributed by atoms with Crippen LogP contribution in [-0.4, -0.2) is 24.7 Å². The summed E-state index contributed by atoms with van der Waals surface area (Å²) in [5.74, 6) is 0.542. The van der Waals surface area contributed by atoms with Crippen molar-refractivity contribution in [2.24, 2.45) is 0 Å². The number of aromatic nitrogens is 1. The third kappa shape index (κ3) is 3.47. The Kier molecular flexibility index (Phi) is 4.26. The monoisotopic (exact) mass is 322 g/mol. The Balaban J connectivity index is 1.77. The second-order valence-corrected chi connectivity index (χ2v) is 5.56. The van der Waals surface area contributed by atoms with E-state index in [2.05, 4.69) is 4.98 Å². The van der Waals surface area contributed by atoms with E-state index in [1.54, 1.807) is 0 Å². The van der Waals surface area contributed by atoms with Crippen LogP contribution in [0.25, 0.3) is 0 Å². The summed E-state index contributed by atoms with van der Waals surface area (Å²) in [4.78, 5) is 5.93. The van der Waals surface area contributed by atoms with Gasteiger partial charge in [0.25, 0.3) is 0 Å². The molecule has 0 spiro atoms. The molecule has 0 amide bonds. The fraction of sp³-hybridized carbons (Fsp3) is 0.353. The highest BCUT2D eigenvalue weighted by Crippen LogP contribution is 2.31. The summed E-state index contributed by atoms with van der Waals surface area (Å²) in [6.07, 6.45) is -3.58. The van der Waals surface area contributed by atoms with Gasteiger partial charge in [0.15, 0.2) is 0 Å². The lowest BCUT2D eigenvalue weighted by Gasteiger charge is -2.34. The molecule has 1 fully saturated rings. The maximum atomic E-state index is 12.6. The number of hydrogen-bond acceptors (Lipinski definition) is 3. The Morgan fingerprint density at radius 3 is 2.61 bits per heavy atom. The van der Waals surface area contributed by atoms with Gasteiger partial charge in [0, 0.05) is 19.3 Å². The van der Waals surface area contributed by atoms with E-state index in [0.717, 1.165) is 23.4 Å². The van der Waals surface area contributed by atoms with Crippen LogP contribution in [0.15, 0.2) is 42.6 Å². The quantitative estimate of drug-likeness (QED) is 0.836. The van der Waals surface area contributed by atoms with E-state index < -0.39 is 11.7 Å². The maximum Gasteiger partial charge on any atom is 0.417 e. The lowest BCUT2D eigenvalue weighted by molar-refractivity contribution is -0.137. The Bertz CT molecular complexity index is 670. The molecule has 1 aromatic carbocycles. The van der Waals surface area contributed by atoms with Crippen molar-refractivity contribution >= 4 is 5.82 Å². The molecule has 3 nitrogen and oxygen atoms in total.